The van der Waals surface area contributed by atoms with Gasteiger partial charge >= 0.3 is 0 Å². The lowest BCUT2D eigenvalue weighted by atomic mass is 10.0. The van der Waals surface area contributed by atoms with E-state index in [1.807, 2.05) is 32.0 Å². The summed E-state index contributed by atoms with van der Waals surface area (Å²) in [4.78, 5) is 11.8. The van der Waals surface area contributed by atoms with Gasteiger partial charge in [0.15, 0.2) is 0 Å². The minimum atomic E-state index is -0.0655. The van der Waals surface area contributed by atoms with Gasteiger partial charge in [0.2, 0.25) is 5.91 Å². The molecule has 0 heterocycles. The van der Waals surface area contributed by atoms with Crippen LogP contribution in [-0.4, -0.2) is 25.6 Å². The molecule has 0 saturated heterocycles. The predicted molar refractivity (Wildman–Crippen MR) is 78.9 cm³/mol. The van der Waals surface area contributed by atoms with Crippen molar-refractivity contribution in [2.24, 2.45) is 0 Å². The first-order chi connectivity index (χ1) is 8.93. The summed E-state index contributed by atoms with van der Waals surface area (Å²) >= 11 is 0. The van der Waals surface area contributed by atoms with Crippen LogP contribution >= 0.6 is 0 Å². The maximum atomic E-state index is 11.8. The Morgan fingerprint density at radius 2 is 1.95 bits per heavy atom. The standard InChI is InChI=1S/C15H24N2O2/c1-10(2)12-6-7-13(14(8-12)19-5)17-15(18)9-16-11(3)4/h6-8,10-11,16H,9H2,1-5H3,(H,17,18). The molecule has 1 aromatic rings. The number of methoxy groups -OCH3 is 1. The number of nitrogens with one attached hydrogen (secondary N) is 2. The van der Waals surface area contributed by atoms with Crippen LogP contribution in [0.25, 0.3) is 0 Å². The van der Waals surface area contributed by atoms with Gasteiger partial charge in [0.1, 0.15) is 5.75 Å². The molecule has 0 aliphatic carbocycles. The second-order valence-electron chi connectivity index (χ2n) is 5.20. The van der Waals surface area contributed by atoms with E-state index in [1.165, 1.54) is 5.56 Å². The summed E-state index contributed by atoms with van der Waals surface area (Å²) in [5.74, 6) is 1.06. The number of ether oxygens (including phenoxy) is 1. The number of hydrogen-bond acceptors (Lipinski definition) is 3. The molecular weight excluding hydrogens is 240 g/mol. The number of carbonyl (C=O) groups excluding carboxylic acids is 1. The van der Waals surface area contributed by atoms with Gasteiger partial charge in [-0.25, -0.2) is 0 Å². The number of hydrogen-bond donors (Lipinski definition) is 2. The van der Waals surface area contributed by atoms with Gasteiger partial charge in [0, 0.05) is 6.04 Å². The van der Waals surface area contributed by atoms with Crippen molar-refractivity contribution in [3.05, 3.63) is 23.8 Å². The molecule has 0 fully saturated rings. The Kier molecular flexibility index (Phi) is 5.83. The first-order valence-electron chi connectivity index (χ1n) is 6.65. The molecule has 1 amide bonds. The number of benzene rings is 1. The van der Waals surface area contributed by atoms with Crippen molar-refractivity contribution in [3.8, 4) is 5.75 Å². The van der Waals surface area contributed by atoms with Crippen LogP contribution < -0.4 is 15.4 Å². The summed E-state index contributed by atoms with van der Waals surface area (Å²) in [7, 11) is 1.61. The highest BCUT2D eigenvalue weighted by atomic mass is 16.5. The Hall–Kier alpha value is -1.55. The molecule has 0 atom stereocenters. The van der Waals surface area contributed by atoms with Crippen molar-refractivity contribution in [3.63, 3.8) is 0 Å². The molecule has 4 heteroatoms. The van der Waals surface area contributed by atoms with Crippen LogP contribution in [0.1, 0.15) is 39.2 Å². The summed E-state index contributed by atoms with van der Waals surface area (Å²) in [6.07, 6.45) is 0. The molecule has 0 aliphatic rings. The van der Waals surface area contributed by atoms with Gasteiger partial charge in [0.25, 0.3) is 0 Å². The topological polar surface area (TPSA) is 50.4 Å². The van der Waals surface area contributed by atoms with Gasteiger partial charge in [-0.2, -0.15) is 0 Å². The van der Waals surface area contributed by atoms with E-state index in [0.29, 0.717) is 23.9 Å². The average Bonchev–Trinajstić information content (AvgIpc) is 2.36. The maximum absolute atomic E-state index is 11.8. The van der Waals surface area contributed by atoms with Gasteiger partial charge in [-0.3, -0.25) is 4.79 Å². The second-order valence-corrected chi connectivity index (χ2v) is 5.20. The third kappa shape index (κ3) is 4.91. The fourth-order valence-corrected chi connectivity index (χ4v) is 1.66. The smallest absolute Gasteiger partial charge is 0.238 e. The van der Waals surface area contributed by atoms with E-state index in [-0.39, 0.29) is 11.9 Å². The Bertz CT molecular complexity index is 428. The molecule has 0 saturated carbocycles. The molecule has 1 aromatic carbocycles. The summed E-state index contributed by atoms with van der Waals surface area (Å²) in [6, 6.07) is 6.16. The monoisotopic (exact) mass is 264 g/mol. The van der Waals surface area contributed by atoms with Crippen molar-refractivity contribution in [2.45, 2.75) is 39.7 Å². The lowest BCUT2D eigenvalue weighted by molar-refractivity contribution is -0.115. The fourth-order valence-electron chi connectivity index (χ4n) is 1.66. The van der Waals surface area contributed by atoms with E-state index in [9.17, 15) is 4.79 Å². The minimum absolute atomic E-state index is 0.0655. The van der Waals surface area contributed by atoms with Crippen molar-refractivity contribution in [1.82, 2.24) is 5.32 Å². The molecule has 2 N–H and O–H groups in total. The molecule has 1 rings (SSSR count). The molecule has 0 unspecified atom stereocenters. The molecular formula is C15H24N2O2. The SMILES string of the molecule is COc1cc(C(C)C)ccc1NC(=O)CNC(C)C. The highest BCUT2D eigenvalue weighted by molar-refractivity contribution is 5.93. The lowest BCUT2D eigenvalue weighted by Gasteiger charge is -2.14. The molecule has 0 aromatic heterocycles. The summed E-state index contributed by atoms with van der Waals surface area (Å²) in [6.45, 7) is 8.56. The third-order valence-electron chi connectivity index (χ3n) is 2.84. The highest BCUT2D eigenvalue weighted by Crippen LogP contribution is 2.28. The van der Waals surface area contributed by atoms with Crippen LogP contribution in [0.3, 0.4) is 0 Å². The zero-order chi connectivity index (χ0) is 14.4. The average molecular weight is 264 g/mol. The van der Waals surface area contributed by atoms with Crippen molar-refractivity contribution in [1.29, 1.82) is 0 Å². The Morgan fingerprint density at radius 1 is 1.26 bits per heavy atom. The molecule has 0 bridgehead atoms. The minimum Gasteiger partial charge on any atom is -0.495 e. The normalized spacial score (nSPS) is 10.9. The Labute approximate surface area is 115 Å². The molecule has 106 valence electrons. The molecule has 0 radical (unpaired) electrons. The van der Waals surface area contributed by atoms with Gasteiger partial charge in [-0.1, -0.05) is 33.8 Å². The summed E-state index contributed by atoms with van der Waals surface area (Å²) < 4.78 is 5.33. The van der Waals surface area contributed by atoms with Crippen molar-refractivity contribution >= 4 is 11.6 Å². The van der Waals surface area contributed by atoms with Gasteiger partial charge in [-0.05, 0) is 23.6 Å². The zero-order valence-corrected chi connectivity index (χ0v) is 12.4. The lowest BCUT2D eigenvalue weighted by Crippen LogP contribution is -2.32. The summed E-state index contributed by atoms with van der Waals surface area (Å²) in [5, 5.41) is 5.94. The molecule has 0 spiro atoms. The van der Waals surface area contributed by atoms with E-state index in [1.54, 1.807) is 7.11 Å². The van der Waals surface area contributed by atoms with E-state index < -0.39 is 0 Å². The number of rotatable bonds is 6. The number of anilines is 1. The first-order valence-corrected chi connectivity index (χ1v) is 6.65. The Morgan fingerprint density at radius 3 is 2.47 bits per heavy atom. The predicted octanol–water partition coefficient (Wildman–Crippen LogP) is 2.76. The van der Waals surface area contributed by atoms with Crippen molar-refractivity contribution in [2.75, 3.05) is 19.0 Å². The Balaban J connectivity index is 2.75. The van der Waals surface area contributed by atoms with Gasteiger partial charge < -0.3 is 15.4 Å². The van der Waals surface area contributed by atoms with Crippen LogP contribution in [-0.2, 0) is 4.79 Å². The molecule has 0 aliphatic heterocycles. The fraction of sp³-hybridized carbons (Fsp3) is 0.533. The zero-order valence-electron chi connectivity index (χ0n) is 12.4. The van der Waals surface area contributed by atoms with Gasteiger partial charge in [-0.15, -0.1) is 0 Å². The number of carbonyl (C=O) groups is 1. The van der Waals surface area contributed by atoms with E-state index in [4.69, 9.17) is 4.74 Å². The largest absolute Gasteiger partial charge is 0.495 e. The van der Waals surface area contributed by atoms with Crippen LogP contribution in [0.15, 0.2) is 18.2 Å². The summed E-state index contributed by atoms with van der Waals surface area (Å²) in [5.41, 5.74) is 1.90. The van der Waals surface area contributed by atoms with Crippen LogP contribution in [0, 0.1) is 0 Å². The van der Waals surface area contributed by atoms with E-state index >= 15 is 0 Å². The molecule has 4 nitrogen and oxygen atoms in total. The van der Waals surface area contributed by atoms with Crippen molar-refractivity contribution < 1.29 is 9.53 Å². The quantitative estimate of drug-likeness (QED) is 0.830. The second kappa shape index (κ2) is 7.14. The third-order valence-corrected chi connectivity index (χ3v) is 2.84. The highest BCUT2D eigenvalue weighted by Gasteiger charge is 2.10. The molecule has 19 heavy (non-hydrogen) atoms. The van der Waals surface area contributed by atoms with Crippen LogP contribution in [0.4, 0.5) is 5.69 Å². The maximum Gasteiger partial charge on any atom is 0.238 e. The van der Waals surface area contributed by atoms with E-state index in [2.05, 4.69) is 24.5 Å². The van der Waals surface area contributed by atoms with E-state index in [0.717, 1.165) is 0 Å². The number of amides is 1. The first kappa shape index (κ1) is 15.5. The van der Waals surface area contributed by atoms with Gasteiger partial charge in [0.05, 0.1) is 19.3 Å². The van der Waals surface area contributed by atoms with Crippen LogP contribution in [0.5, 0.6) is 5.75 Å². The van der Waals surface area contributed by atoms with Crippen LogP contribution in [0.2, 0.25) is 0 Å².